The van der Waals surface area contributed by atoms with Crippen LogP contribution in [0.1, 0.15) is 6.42 Å². The monoisotopic (exact) mass is 1090 g/mol. The van der Waals surface area contributed by atoms with Crippen molar-refractivity contribution in [2.45, 2.75) is 40.7 Å². The highest BCUT2D eigenvalue weighted by Crippen LogP contribution is 2.32. The van der Waals surface area contributed by atoms with E-state index in [1.54, 1.807) is 58.8 Å². The summed E-state index contributed by atoms with van der Waals surface area (Å²) < 4.78 is 45.4. The number of thioether (sulfide) groups is 9. The van der Waals surface area contributed by atoms with Crippen molar-refractivity contribution in [3.63, 3.8) is 0 Å². The summed E-state index contributed by atoms with van der Waals surface area (Å²) in [6.07, 6.45) is 7.08. The largest absolute Gasteiger partial charge is 0.447 e. The van der Waals surface area contributed by atoms with E-state index in [0.29, 0.717) is 30.3 Å². The molecule has 6 aliphatic rings. The van der Waals surface area contributed by atoms with Gasteiger partial charge in [-0.25, -0.2) is 24.0 Å². The Kier molecular flexibility index (Phi) is 40.1. The highest BCUT2D eigenvalue weighted by Gasteiger charge is 2.21. The van der Waals surface area contributed by atoms with Crippen molar-refractivity contribution in [1.29, 1.82) is 0 Å². The molecule has 0 aliphatic carbocycles. The maximum absolute atomic E-state index is 10.9. The average Bonchev–Trinajstić information content (AvgIpc) is 3.74. The Morgan fingerprint density at radius 1 is 0.455 bits per heavy atom. The normalized spacial score (nSPS) is 24.2. The van der Waals surface area contributed by atoms with Crippen LogP contribution in [-0.4, -0.2) is 171 Å². The summed E-state index contributed by atoms with van der Waals surface area (Å²) in [5, 5.41) is 0.102. The molecule has 6 unspecified atom stereocenters. The lowest BCUT2D eigenvalue weighted by Crippen LogP contribution is -2.27. The second kappa shape index (κ2) is 42.3. The minimum atomic E-state index is -0.424. The van der Waals surface area contributed by atoms with E-state index in [4.69, 9.17) is 42.6 Å². The van der Waals surface area contributed by atoms with E-state index in [1.165, 1.54) is 35.4 Å². The van der Waals surface area contributed by atoms with Gasteiger partial charge in [0.2, 0.25) is 24.0 Å². The third-order valence-corrected chi connectivity index (χ3v) is 17.9. The summed E-state index contributed by atoms with van der Waals surface area (Å²) >= 11 is 15.4. The Morgan fingerprint density at radius 2 is 0.939 bits per heavy atom. The molecule has 6 saturated heterocycles. The number of esters is 5. The van der Waals surface area contributed by atoms with Gasteiger partial charge in [0.1, 0.15) is 0 Å². The maximum Gasteiger partial charge on any atom is 0.332 e. The highest BCUT2D eigenvalue weighted by molar-refractivity contribution is 8.26. The SMILES string of the molecule is C=CC(=O)OC1COCCS1.C=CC(=O)OC1CSCCCO1.C=CC(=O)OC1CSCCO1.C=CC(=O)OC1CSCCS1.C=CC(=O)OC1CSCO1.C=CC(=O)SC1CSCCS1. The van der Waals surface area contributed by atoms with E-state index in [-0.39, 0.29) is 46.8 Å². The van der Waals surface area contributed by atoms with Gasteiger partial charge in [-0.1, -0.05) is 51.2 Å². The molecule has 6 heterocycles. The van der Waals surface area contributed by atoms with Crippen LogP contribution in [-0.2, 0) is 71.4 Å². The topological polar surface area (TPSA) is 185 Å². The number of carbonyl (C=O) groups is 6. The van der Waals surface area contributed by atoms with Gasteiger partial charge in [-0.15, -0.1) is 47.0 Å². The van der Waals surface area contributed by atoms with Crippen molar-refractivity contribution in [2.75, 3.05) is 101 Å². The van der Waals surface area contributed by atoms with Crippen LogP contribution in [0.4, 0.5) is 0 Å². The van der Waals surface area contributed by atoms with Gasteiger partial charge in [0.25, 0.3) is 0 Å². The van der Waals surface area contributed by atoms with Crippen LogP contribution >= 0.6 is 106 Å². The van der Waals surface area contributed by atoms with Crippen LogP contribution in [0.2, 0.25) is 0 Å². The Labute approximate surface area is 427 Å². The summed E-state index contributed by atoms with van der Waals surface area (Å²) in [7, 11) is 0. The lowest BCUT2D eigenvalue weighted by atomic mass is 10.5. The molecule has 0 radical (unpaired) electrons. The lowest BCUT2D eigenvalue weighted by Gasteiger charge is -2.21. The van der Waals surface area contributed by atoms with E-state index in [2.05, 4.69) is 39.5 Å². The Hall–Kier alpha value is -1.55. The smallest absolute Gasteiger partial charge is 0.332 e. The molecule has 6 rings (SSSR count). The number of ether oxygens (including phenoxy) is 9. The molecule has 6 atom stereocenters. The number of rotatable bonds is 12. The van der Waals surface area contributed by atoms with Crippen LogP contribution in [0.5, 0.6) is 0 Å². The fraction of sp³-hybridized carbons (Fsp3) is 0.571. The van der Waals surface area contributed by atoms with Gasteiger partial charge >= 0.3 is 29.8 Å². The van der Waals surface area contributed by atoms with Gasteiger partial charge in [0, 0.05) is 76.4 Å². The van der Waals surface area contributed by atoms with E-state index in [9.17, 15) is 28.8 Å². The predicted molar refractivity (Wildman–Crippen MR) is 279 cm³/mol. The Balaban J connectivity index is 0.000000396. The first-order valence-corrected chi connectivity index (χ1v) is 29.9. The first-order chi connectivity index (χ1) is 32.0. The van der Waals surface area contributed by atoms with Crippen LogP contribution in [0.15, 0.2) is 75.9 Å². The summed E-state index contributed by atoms with van der Waals surface area (Å²) in [5.41, 5.74) is -0.103. The van der Waals surface area contributed by atoms with Gasteiger partial charge in [0.05, 0.1) is 54.2 Å². The molecule has 24 heteroatoms. The molecular weight excluding hydrogens is 1030 g/mol. The fourth-order valence-corrected chi connectivity index (χ4v) is 13.7. The van der Waals surface area contributed by atoms with Crippen molar-refractivity contribution in [1.82, 2.24) is 0 Å². The molecule has 0 spiro atoms. The van der Waals surface area contributed by atoms with Crippen molar-refractivity contribution < 1.29 is 71.4 Å². The van der Waals surface area contributed by atoms with Crippen LogP contribution in [0.3, 0.4) is 0 Å². The zero-order chi connectivity index (χ0) is 48.6. The van der Waals surface area contributed by atoms with Crippen LogP contribution in [0.25, 0.3) is 0 Å². The first-order valence-electron chi connectivity index (χ1n) is 20.1. The highest BCUT2D eigenvalue weighted by atomic mass is 32.2. The minimum Gasteiger partial charge on any atom is -0.447 e. The second-order valence-corrected chi connectivity index (χ2v) is 23.1. The van der Waals surface area contributed by atoms with E-state index in [0.717, 1.165) is 94.9 Å². The maximum atomic E-state index is 10.9. The van der Waals surface area contributed by atoms with Crippen LogP contribution in [0, 0.1) is 0 Å². The average molecular weight is 1090 g/mol. The third kappa shape index (κ3) is 34.7. The molecule has 0 aromatic rings. The standard InChI is InChI=1S/C8H12O3S.2C7H10O3S.C7H10O2S2.C7H10OS3.C6H8O3S/c1-2-7(9)11-8-6-12-5-3-4-10-8;1-2-6(8)10-7-5-11-4-3-9-7;1-2-6(8)10-7-5-9-3-4-11-7;1-2-6(8)9-7-5-10-3-4-11-7;1-2-6(8)11-7-5-9-3-4-10-7;1-2-5(7)9-6-3-10-4-8-6/h2,8H,1,3-6H2;4*2,7H,1,3-5H2;2,6H,1,3-4H2. The second-order valence-electron chi connectivity index (χ2n) is 12.2. The van der Waals surface area contributed by atoms with E-state index >= 15 is 0 Å². The number of hydrogen-bond acceptors (Lipinski definition) is 24. The van der Waals surface area contributed by atoms with Gasteiger partial charge in [-0.2, -0.15) is 47.0 Å². The molecule has 372 valence electrons. The molecular formula is C42H60O15S9. The zero-order valence-electron chi connectivity index (χ0n) is 36.7. The number of hydrogen-bond donors (Lipinski definition) is 0. The van der Waals surface area contributed by atoms with Gasteiger partial charge in [0.15, 0.2) is 10.9 Å². The van der Waals surface area contributed by atoms with Crippen molar-refractivity contribution in [2.24, 2.45) is 0 Å². The summed E-state index contributed by atoms with van der Waals surface area (Å²) in [4.78, 5) is 64.2. The Bertz CT molecular complexity index is 1330. The van der Waals surface area contributed by atoms with Gasteiger partial charge in [-0.3, -0.25) is 4.79 Å². The van der Waals surface area contributed by atoms with Gasteiger partial charge in [-0.05, 0) is 18.2 Å². The summed E-state index contributed by atoms with van der Waals surface area (Å²) in [6, 6.07) is 0. The van der Waals surface area contributed by atoms with E-state index < -0.39 is 17.9 Å². The molecule has 0 saturated carbocycles. The van der Waals surface area contributed by atoms with Gasteiger partial charge < -0.3 is 42.6 Å². The first kappa shape index (κ1) is 62.5. The van der Waals surface area contributed by atoms with E-state index in [1.807, 2.05) is 35.3 Å². The molecule has 0 amide bonds. The predicted octanol–water partition coefficient (Wildman–Crippen LogP) is 7.33. The fourth-order valence-electron chi connectivity index (χ4n) is 4.26. The zero-order valence-corrected chi connectivity index (χ0v) is 44.0. The molecule has 0 aromatic carbocycles. The molecule has 0 bridgehead atoms. The molecule has 0 aromatic heterocycles. The quantitative estimate of drug-likeness (QED) is 0.107. The Morgan fingerprint density at radius 3 is 1.41 bits per heavy atom. The number of carbonyl (C=O) groups excluding carboxylic acids is 6. The molecule has 66 heavy (non-hydrogen) atoms. The molecule has 15 nitrogen and oxygen atoms in total. The minimum absolute atomic E-state index is 0.0410. The molecule has 6 fully saturated rings. The van der Waals surface area contributed by atoms with Crippen LogP contribution < -0.4 is 0 Å². The lowest BCUT2D eigenvalue weighted by molar-refractivity contribution is -0.168. The van der Waals surface area contributed by atoms with Crippen molar-refractivity contribution in [3.8, 4) is 0 Å². The van der Waals surface area contributed by atoms with Crippen molar-refractivity contribution >= 4 is 141 Å². The third-order valence-electron chi connectivity index (χ3n) is 7.21. The van der Waals surface area contributed by atoms with Crippen molar-refractivity contribution in [3.05, 3.63) is 75.9 Å². The molecule has 0 N–H and O–H groups in total. The summed E-state index contributed by atoms with van der Waals surface area (Å²) in [5.74, 6) is 10.4. The molecule has 6 aliphatic heterocycles. The summed E-state index contributed by atoms with van der Waals surface area (Å²) in [6.45, 7) is 22.5.